The number of hydrogen-bond acceptors (Lipinski definition) is 1. The minimum Gasteiger partial charge on any atom is -0.142 e. The van der Waals surface area contributed by atoms with Crippen LogP contribution in [0.3, 0.4) is 0 Å². The number of thioether (sulfide) groups is 1. The van der Waals surface area contributed by atoms with Gasteiger partial charge in [-0.2, -0.15) is 0 Å². The van der Waals surface area contributed by atoms with Crippen molar-refractivity contribution >= 4 is 11.8 Å². The van der Waals surface area contributed by atoms with Gasteiger partial charge in [0.2, 0.25) is 0 Å². The smallest absolute Gasteiger partial charge is 0.0500 e. The molecule has 0 unspecified atom stereocenters. The molecule has 1 saturated heterocycles. The molecule has 0 bridgehead atoms. The second-order valence-electron chi connectivity index (χ2n) is 9.02. The Labute approximate surface area is 123 Å². The van der Waals surface area contributed by atoms with Gasteiger partial charge < -0.3 is 0 Å². The van der Waals surface area contributed by atoms with Crippen LogP contribution in [0.15, 0.2) is 24.3 Å². The normalized spacial score (nSPS) is 36.2. The molecule has 0 aromatic heterocycles. The molecule has 1 heteroatoms. The summed E-state index contributed by atoms with van der Waals surface area (Å²) in [6.45, 7) is 19.5. The molecule has 19 heavy (non-hydrogen) atoms. The third-order valence-corrected chi connectivity index (χ3v) is 9.35. The van der Waals surface area contributed by atoms with Crippen LogP contribution in [0.1, 0.15) is 55.4 Å². The van der Waals surface area contributed by atoms with Crippen molar-refractivity contribution in [2.45, 2.75) is 64.9 Å². The molecular formula is C18H28S. The average Bonchev–Trinajstić information content (AvgIpc) is 2.91. The first-order chi connectivity index (χ1) is 8.37. The molecule has 3 rings (SSSR count). The van der Waals surface area contributed by atoms with Gasteiger partial charge in [-0.15, -0.1) is 11.8 Å². The minimum absolute atomic E-state index is 0.266. The Bertz CT molecular complexity index is 418. The molecule has 3 aliphatic rings. The molecule has 0 saturated carbocycles. The molecule has 1 aliphatic heterocycles. The van der Waals surface area contributed by atoms with E-state index in [0.29, 0.717) is 9.49 Å². The predicted octanol–water partition coefficient (Wildman–Crippen LogP) is 5.46. The molecule has 0 aromatic carbocycles. The fourth-order valence-corrected chi connectivity index (χ4v) is 8.29. The molecule has 2 aliphatic carbocycles. The first-order valence-electron chi connectivity index (χ1n) is 7.48. The van der Waals surface area contributed by atoms with E-state index in [2.05, 4.69) is 91.5 Å². The van der Waals surface area contributed by atoms with Crippen molar-refractivity contribution in [3.05, 3.63) is 24.3 Å². The number of fused-ring (bicyclic) bond motifs is 1. The summed E-state index contributed by atoms with van der Waals surface area (Å²) >= 11 is 2.26. The van der Waals surface area contributed by atoms with Gasteiger partial charge in [-0.05, 0) is 21.7 Å². The summed E-state index contributed by atoms with van der Waals surface area (Å²) in [6.07, 6.45) is 9.89. The maximum atomic E-state index is 2.47. The zero-order valence-corrected chi connectivity index (χ0v) is 14.5. The second-order valence-corrected chi connectivity index (χ2v) is 10.4. The largest absolute Gasteiger partial charge is 0.142 e. The fourth-order valence-electron chi connectivity index (χ4n) is 5.51. The van der Waals surface area contributed by atoms with Gasteiger partial charge in [0.05, 0.1) is 0 Å². The summed E-state index contributed by atoms with van der Waals surface area (Å²) in [5, 5.41) is 0. The molecule has 0 nitrogen and oxygen atoms in total. The van der Waals surface area contributed by atoms with Crippen molar-refractivity contribution in [2.75, 3.05) is 0 Å². The molecule has 0 atom stereocenters. The Morgan fingerprint density at radius 2 is 0.684 bits per heavy atom. The van der Waals surface area contributed by atoms with Gasteiger partial charge in [-0.3, -0.25) is 0 Å². The Balaban J connectivity index is 2.22. The summed E-state index contributed by atoms with van der Waals surface area (Å²) < 4.78 is 0.646. The van der Waals surface area contributed by atoms with E-state index in [4.69, 9.17) is 0 Å². The molecule has 106 valence electrons. The highest BCUT2D eigenvalue weighted by Gasteiger charge is 2.88. The third kappa shape index (κ3) is 1.13. The molecular weight excluding hydrogens is 248 g/mol. The van der Waals surface area contributed by atoms with Crippen molar-refractivity contribution in [2.24, 2.45) is 21.7 Å². The van der Waals surface area contributed by atoms with E-state index in [0.717, 1.165) is 0 Å². The molecule has 0 N–H and O–H groups in total. The van der Waals surface area contributed by atoms with Crippen LogP contribution in [0.4, 0.5) is 0 Å². The fraction of sp³-hybridized carbons (Fsp3) is 0.778. The zero-order valence-electron chi connectivity index (χ0n) is 13.7. The second kappa shape index (κ2) is 3.03. The predicted molar refractivity (Wildman–Crippen MR) is 86.5 cm³/mol. The summed E-state index contributed by atoms with van der Waals surface area (Å²) in [4.78, 5) is 0. The summed E-state index contributed by atoms with van der Waals surface area (Å²) in [5.74, 6) is 0. The third-order valence-electron chi connectivity index (χ3n) is 6.22. The Morgan fingerprint density at radius 3 is 0.895 bits per heavy atom. The van der Waals surface area contributed by atoms with Crippen LogP contribution in [0.2, 0.25) is 0 Å². The quantitative estimate of drug-likeness (QED) is 0.418. The minimum atomic E-state index is 0.266. The molecule has 0 aromatic rings. The Kier molecular flexibility index (Phi) is 2.20. The van der Waals surface area contributed by atoms with E-state index in [1.807, 2.05) is 0 Å². The summed E-state index contributed by atoms with van der Waals surface area (Å²) in [7, 11) is 0. The van der Waals surface area contributed by atoms with Gasteiger partial charge in [0.15, 0.2) is 0 Å². The van der Waals surface area contributed by atoms with Crippen LogP contribution in [-0.2, 0) is 0 Å². The molecule has 2 spiro atoms. The summed E-state index contributed by atoms with van der Waals surface area (Å²) in [5.41, 5.74) is 1.06. The SMILES string of the molecule is CC1(C)C=CC(C)(C)C12SC21C(C)(C)C=CC1(C)C. The lowest BCUT2D eigenvalue weighted by Crippen LogP contribution is -2.54. The monoisotopic (exact) mass is 276 g/mol. The lowest BCUT2D eigenvalue weighted by molar-refractivity contribution is 0.116. The summed E-state index contributed by atoms with van der Waals surface area (Å²) in [6, 6.07) is 0. The van der Waals surface area contributed by atoms with Crippen molar-refractivity contribution in [3.63, 3.8) is 0 Å². The van der Waals surface area contributed by atoms with E-state index >= 15 is 0 Å². The van der Waals surface area contributed by atoms with Gasteiger partial charge in [0, 0.05) is 9.49 Å². The van der Waals surface area contributed by atoms with E-state index in [-0.39, 0.29) is 21.7 Å². The molecule has 1 heterocycles. The maximum Gasteiger partial charge on any atom is 0.0500 e. The average molecular weight is 276 g/mol. The Morgan fingerprint density at radius 1 is 0.474 bits per heavy atom. The van der Waals surface area contributed by atoms with Crippen LogP contribution in [0, 0.1) is 21.7 Å². The lowest BCUT2D eigenvalue weighted by Gasteiger charge is -2.47. The van der Waals surface area contributed by atoms with Crippen LogP contribution in [0.5, 0.6) is 0 Å². The first-order valence-corrected chi connectivity index (χ1v) is 8.30. The topological polar surface area (TPSA) is 0 Å². The highest BCUT2D eigenvalue weighted by molar-refractivity contribution is 8.10. The number of rotatable bonds is 0. The van der Waals surface area contributed by atoms with Gasteiger partial charge in [0.25, 0.3) is 0 Å². The van der Waals surface area contributed by atoms with E-state index in [9.17, 15) is 0 Å². The Hall–Kier alpha value is -0.170. The van der Waals surface area contributed by atoms with Gasteiger partial charge in [-0.25, -0.2) is 0 Å². The lowest BCUT2D eigenvalue weighted by atomic mass is 9.54. The van der Waals surface area contributed by atoms with Crippen molar-refractivity contribution < 1.29 is 0 Å². The highest BCUT2D eigenvalue weighted by atomic mass is 32.2. The highest BCUT2D eigenvalue weighted by Crippen LogP contribution is 2.90. The van der Waals surface area contributed by atoms with Crippen LogP contribution < -0.4 is 0 Å². The molecule has 1 fully saturated rings. The van der Waals surface area contributed by atoms with Gasteiger partial charge >= 0.3 is 0 Å². The molecule has 0 amide bonds. The van der Waals surface area contributed by atoms with E-state index in [1.54, 1.807) is 0 Å². The molecule has 0 radical (unpaired) electrons. The van der Waals surface area contributed by atoms with Gasteiger partial charge in [-0.1, -0.05) is 79.7 Å². The van der Waals surface area contributed by atoms with Crippen molar-refractivity contribution in [1.29, 1.82) is 0 Å². The van der Waals surface area contributed by atoms with Crippen LogP contribution in [0.25, 0.3) is 0 Å². The van der Waals surface area contributed by atoms with Crippen molar-refractivity contribution in [3.8, 4) is 0 Å². The number of hydrogen-bond donors (Lipinski definition) is 0. The maximum absolute atomic E-state index is 2.47. The van der Waals surface area contributed by atoms with Gasteiger partial charge in [0.1, 0.15) is 0 Å². The van der Waals surface area contributed by atoms with Crippen LogP contribution >= 0.6 is 11.8 Å². The van der Waals surface area contributed by atoms with Crippen LogP contribution in [-0.4, -0.2) is 9.49 Å². The standard InChI is InChI=1S/C18H28S/c1-13(2)9-10-14(3,4)17(13)18(19-17)15(5,6)11-12-16(18,7)8/h9-12H,1-8H3. The van der Waals surface area contributed by atoms with E-state index in [1.165, 1.54) is 0 Å². The van der Waals surface area contributed by atoms with E-state index < -0.39 is 0 Å². The number of allylic oxidation sites excluding steroid dienone is 4. The van der Waals surface area contributed by atoms with Crippen molar-refractivity contribution in [1.82, 2.24) is 0 Å². The zero-order chi connectivity index (χ0) is 14.5. The first kappa shape index (κ1) is 13.8.